The van der Waals surface area contributed by atoms with Crippen molar-refractivity contribution >= 4 is 17.9 Å². The van der Waals surface area contributed by atoms with Crippen LogP contribution in [-0.4, -0.2) is 37.2 Å². The molecule has 440 valence electrons. The van der Waals surface area contributed by atoms with Crippen LogP contribution in [0.4, 0.5) is 0 Å². The number of carbonyl (C=O) groups is 3. The summed E-state index contributed by atoms with van der Waals surface area (Å²) in [7, 11) is 0. The Morgan fingerprint density at radius 1 is 0.273 bits per heavy atom. The number of rotatable bonds is 58. The molecule has 0 saturated carbocycles. The van der Waals surface area contributed by atoms with Crippen molar-refractivity contribution < 1.29 is 28.6 Å². The second kappa shape index (κ2) is 64.6. The SMILES string of the molecule is CC/C=C\C/C=C\C/C=C\C/C=C\C/C=C\CCCCCCCCCCCCCC(=O)OCC(COC(=O)CC/C=C\C/C=C\C/C=C\C/C=C\CC)OC(=O)CCCCCCCCCCCCCCCCCCCCC. The summed E-state index contributed by atoms with van der Waals surface area (Å²) in [5.74, 6) is -0.977. The first-order chi connectivity index (χ1) is 38.0. The van der Waals surface area contributed by atoms with Gasteiger partial charge in [-0.3, -0.25) is 14.4 Å². The second-order valence-electron chi connectivity index (χ2n) is 21.3. The molecule has 0 aliphatic rings. The maximum absolute atomic E-state index is 12.9. The maximum Gasteiger partial charge on any atom is 0.306 e. The second-order valence-corrected chi connectivity index (χ2v) is 21.3. The van der Waals surface area contributed by atoms with E-state index in [9.17, 15) is 14.4 Å². The van der Waals surface area contributed by atoms with E-state index in [1.54, 1.807) is 0 Å². The van der Waals surface area contributed by atoms with Crippen LogP contribution in [-0.2, 0) is 28.6 Å². The Balaban J connectivity index is 4.33. The van der Waals surface area contributed by atoms with Gasteiger partial charge in [0.15, 0.2) is 6.10 Å². The minimum atomic E-state index is -0.808. The number of esters is 3. The average Bonchev–Trinajstić information content (AvgIpc) is 3.43. The smallest absolute Gasteiger partial charge is 0.306 e. The van der Waals surface area contributed by atoms with Gasteiger partial charge in [0.2, 0.25) is 0 Å². The summed E-state index contributed by atoms with van der Waals surface area (Å²) in [6.07, 6.45) is 88.3. The van der Waals surface area contributed by atoms with Gasteiger partial charge in [-0.05, 0) is 89.9 Å². The maximum atomic E-state index is 12.9. The van der Waals surface area contributed by atoms with Gasteiger partial charge in [0.05, 0.1) is 0 Å². The molecule has 6 nitrogen and oxygen atoms in total. The summed E-state index contributed by atoms with van der Waals surface area (Å²) >= 11 is 0. The molecular weight excluding hydrogens is 949 g/mol. The number of carbonyl (C=O) groups excluding carboxylic acids is 3. The monoisotopic (exact) mass is 1070 g/mol. The first-order valence-electron chi connectivity index (χ1n) is 32.4. The highest BCUT2D eigenvalue weighted by Gasteiger charge is 2.19. The van der Waals surface area contributed by atoms with Gasteiger partial charge in [0.25, 0.3) is 0 Å². The Labute approximate surface area is 476 Å². The van der Waals surface area contributed by atoms with Crippen molar-refractivity contribution in [2.45, 2.75) is 309 Å². The zero-order valence-electron chi connectivity index (χ0n) is 50.4. The fourth-order valence-corrected chi connectivity index (χ4v) is 9.01. The zero-order valence-corrected chi connectivity index (χ0v) is 50.4. The standard InChI is InChI=1S/C71H120O6/c1-4-7-10-13-16-19-22-25-27-29-31-32-33-34-35-36-37-38-40-41-43-46-49-52-55-58-61-64-70(73)76-67-68(66-75-69(72)63-60-57-54-51-48-45-24-21-18-15-12-9-6-3)77-71(74)65-62-59-56-53-50-47-44-42-39-30-28-26-23-20-17-14-11-8-5-2/h7,9-10,12,16,18-19,21,25,27,31-32,34-35,45,48,54,57,68H,4-6,8,11,13-15,17,20,22-24,26,28-30,33,36-44,46-47,49-53,55-56,58-67H2,1-3H3/b10-7-,12-9-,19-16-,21-18-,27-25-,32-31-,35-34-,48-45-,57-54-. The zero-order chi connectivity index (χ0) is 55.7. The Morgan fingerprint density at radius 3 is 0.870 bits per heavy atom. The van der Waals surface area contributed by atoms with Gasteiger partial charge in [-0.25, -0.2) is 0 Å². The molecule has 77 heavy (non-hydrogen) atoms. The molecule has 0 amide bonds. The van der Waals surface area contributed by atoms with Crippen molar-refractivity contribution in [1.29, 1.82) is 0 Å². The summed E-state index contributed by atoms with van der Waals surface area (Å²) in [6.45, 7) is 6.37. The molecule has 0 radical (unpaired) electrons. The molecule has 6 heteroatoms. The van der Waals surface area contributed by atoms with Crippen molar-refractivity contribution in [3.8, 4) is 0 Å². The van der Waals surface area contributed by atoms with Crippen LogP contribution in [0, 0.1) is 0 Å². The number of hydrogen-bond donors (Lipinski definition) is 0. The molecular formula is C71H120O6. The first kappa shape index (κ1) is 73.1. The summed E-state index contributed by atoms with van der Waals surface area (Å²) in [5.41, 5.74) is 0. The highest BCUT2D eigenvalue weighted by molar-refractivity contribution is 5.71. The molecule has 0 bridgehead atoms. The fraction of sp³-hybridized carbons (Fsp3) is 0.704. The molecule has 0 fully saturated rings. The van der Waals surface area contributed by atoms with E-state index in [2.05, 4.69) is 124 Å². The van der Waals surface area contributed by atoms with Crippen LogP contribution in [0.1, 0.15) is 303 Å². The molecule has 0 aromatic rings. The van der Waals surface area contributed by atoms with Crippen LogP contribution < -0.4 is 0 Å². The lowest BCUT2D eigenvalue weighted by molar-refractivity contribution is -0.166. The normalized spacial score (nSPS) is 12.8. The average molecular weight is 1070 g/mol. The van der Waals surface area contributed by atoms with Gasteiger partial charge in [-0.2, -0.15) is 0 Å². The summed E-state index contributed by atoms with van der Waals surface area (Å²) in [6, 6.07) is 0. The Bertz CT molecular complexity index is 1560. The molecule has 0 heterocycles. The van der Waals surface area contributed by atoms with E-state index in [4.69, 9.17) is 14.2 Å². The number of allylic oxidation sites excluding steroid dienone is 18. The summed E-state index contributed by atoms with van der Waals surface area (Å²) < 4.78 is 16.9. The third kappa shape index (κ3) is 62.8. The molecule has 0 N–H and O–H groups in total. The van der Waals surface area contributed by atoms with Crippen LogP contribution in [0.25, 0.3) is 0 Å². The predicted octanol–water partition coefficient (Wildman–Crippen LogP) is 22.2. The lowest BCUT2D eigenvalue weighted by Crippen LogP contribution is -2.30. The largest absolute Gasteiger partial charge is 0.462 e. The van der Waals surface area contributed by atoms with Gasteiger partial charge < -0.3 is 14.2 Å². The van der Waals surface area contributed by atoms with Gasteiger partial charge in [0.1, 0.15) is 13.2 Å². The Hall–Kier alpha value is -3.93. The van der Waals surface area contributed by atoms with Crippen LogP contribution in [0.2, 0.25) is 0 Å². The van der Waals surface area contributed by atoms with Gasteiger partial charge in [0, 0.05) is 19.3 Å². The van der Waals surface area contributed by atoms with E-state index in [1.807, 2.05) is 6.08 Å². The minimum Gasteiger partial charge on any atom is -0.462 e. The van der Waals surface area contributed by atoms with Crippen molar-refractivity contribution in [2.24, 2.45) is 0 Å². The van der Waals surface area contributed by atoms with Crippen LogP contribution in [0.5, 0.6) is 0 Å². The molecule has 1 atom stereocenters. The molecule has 1 unspecified atom stereocenters. The molecule has 0 spiro atoms. The van der Waals surface area contributed by atoms with Crippen LogP contribution in [0.3, 0.4) is 0 Å². The highest BCUT2D eigenvalue weighted by Crippen LogP contribution is 2.17. The Kier molecular flexibility index (Phi) is 61.3. The number of hydrogen-bond acceptors (Lipinski definition) is 6. The van der Waals surface area contributed by atoms with E-state index in [0.717, 1.165) is 96.3 Å². The van der Waals surface area contributed by atoms with Crippen LogP contribution in [0.15, 0.2) is 109 Å². The van der Waals surface area contributed by atoms with Crippen molar-refractivity contribution in [3.05, 3.63) is 109 Å². The third-order valence-corrected chi connectivity index (χ3v) is 13.8. The third-order valence-electron chi connectivity index (χ3n) is 13.8. The van der Waals surface area contributed by atoms with E-state index in [0.29, 0.717) is 19.3 Å². The number of unbranched alkanes of at least 4 members (excludes halogenated alkanes) is 29. The van der Waals surface area contributed by atoms with Crippen molar-refractivity contribution in [1.82, 2.24) is 0 Å². The van der Waals surface area contributed by atoms with Gasteiger partial charge in [-0.1, -0.05) is 304 Å². The summed E-state index contributed by atoms with van der Waals surface area (Å²) in [4.78, 5) is 38.3. The van der Waals surface area contributed by atoms with E-state index in [1.165, 1.54) is 161 Å². The number of ether oxygens (including phenoxy) is 3. The first-order valence-corrected chi connectivity index (χ1v) is 32.4. The molecule has 0 aliphatic carbocycles. The molecule has 0 aromatic carbocycles. The van der Waals surface area contributed by atoms with Crippen molar-refractivity contribution in [3.63, 3.8) is 0 Å². The molecule has 0 saturated heterocycles. The van der Waals surface area contributed by atoms with E-state index < -0.39 is 6.10 Å². The Morgan fingerprint density at radius 2 is 0.532 bits per heavy atom. The molecule has 0 aliphatic heterocycles. The van der Waals surface area contributed by atoms with E-state index >= 15 is 0 Å². The molecule has 0 rings (SSSR count). The van der Waals surface area contributed by atoms with Crippen molar-refractivity contribution in [2.75, 3.05) is 13.2 Å². The minimum absolute atomic E-state index is 0.0999. The topological polar surface area (TPSA) is 78.9 Å². The predicted molar refractivity (Wildman–Crippen MR) is 334 cm³/mol. The lowest BCUT2D eigenvalue weighted by Gasteiger charge is -2.18. The molecule has 0 aromatic heterocycles. The van der Waals surface area contributed by atoms with Crippen LogP contribution >= 0.6 is 0 Å². The van der Waals surface area contributed by atoms with Gasteiger partial charge in [-0.15, -0.1) is 0 Å². The quantitative estimate of drug-likeness (QED) is 0.0261. The van der Waals surface area contributed by atoms with Gasteiger partial charge >= 0.3 is 17.9 Å². The highest BCUT2D eigenvalue weighted by atomic mass is 16.6. The van der Waals surface area contributed by atoms with E-state index in [-0.39, 0.29) is 37.5 Å². The summed E-state index contributed by atoms with van der Waals surface area (Å²) in [5, 5.41) is 0. The fourth-order valence-electron chi connectivity index (χ4n) is 9.01. The lowest BCUT2D eigenvalue weighted by atomic mass is 10.0.